The van der Waals surface area contributed by atoms with Crippen molar-refractivity contribution >= 4 is 5.97 Å². The van der Waals surface area contributed by atoms with Crippen LogP contribution in [0, 0.1) is 11.8 Å². The predicted molar refractivity (Wildman–Crippen MR) is 67.7 cm³/mol. The molecule has 0 radical (unpaired) electrons. The van der Waals surface area contributed by atoms with E-state index in [4.69, 9.17) is 4.74 Å². The van der Waals surface area contributed by atoms with Crippen molar-refractivity contribution in [2.24, 2.45) is 11.8 Å². The lowest BCUT2D eigenvalue weighted by Crippen LogP contribution is -2.44. The quantitative estimate of drug-likeness (QED) is 0.658. The maximum atomic E-state index is 12.1. The van der Waals surface area contributed by atoms with Gasteiger partial charge in [0.15, 0.2) is 0 Å². The van der Waals surface area contributed by atoms with Gasteiger partial charge in [-0.15, -0.1) is 0 Å². The topological polar surface area (TPSA) is 29.5 Å². The van der Waals surface area contributed by atoms with Crippen LogP contribution in [0.1, 0.15) is 46.5 Å². The minimum atomic E-state index is -0.352. The summed E-state index contributed by atoms with van der Waals surface area (Å²) in [5.41, 5.74) is -0.352. The van der Waals surface area contributed by atoms with Crippen molar-refractivity contribution in [2.75, 3.05) is 19.6 Å². The molecule has 2 saturated heterocycles. The molecule has 2 aliphatic rings. The Morgan fingerprint density at radius 3 is 2.71 bits per heavy atom. The molecule has 2 aliphatic heterocycles. The second kappa shape index (κ2) is 4.97. The van der Waals surface area contributed by atoms with Crippen LogP contribution in [0.4, 0.5) is 0 Å². The van der Waals surface area contributed by atoms with Crippen molar-refractivity contribution in [3.8, 4) is 0 Å². The molecule has 0 spiro atoms. The molecule has 3 unspecified atom stereocenters. The molecular formula is C14H25NO2. The number of carbonyl (C=O) groups excluding carboxylic acids is 1. The van der Waals surface area contributed by atoms with Crippen molar-refractivity contribution in [2.45, 2.75) is 52.1 Å². The molecule has 0 saturated carbocycles. The van der Waals surface area contributed by atoms with Gasteiger partial charge in [0.1, 0.15) is 5.60 Å². The highest BCUT2D eigenvalue weighted by molar-refractivity contribution is 5.73. The molecule has 3 nitrogen and oxygen atoms in total. The van der Waals surface area contributed by atoms with E-state index in [1.165, 1.54) is 25.8 Å². The molecule has 2 fully saturated rings. The summed E-state index contributed by atoms with van der Waals surface area (Å²) in [7, 11) is 0. The minimum absolute atomic E-state index is 0.00843. The first kappa shape index (κ1) is 12.9. The molecule has 0 aromatic rings. The monoisotopic (exact) mass is 239 g/mol. The SMILES string of the molecule is CC(C)(C)OC(=O)C1CC2CCCCN(C2)C1. The summed E-state index contributed by atoms with van der Waals surface area (Å²) in [6, 6.07) is 0. The molecule has 0 aromatic heterocycles. The lowest BCUT2D eigenvalue weighted by atomic mass is 9.87. The number of nitrogens with zero attached hydrogens (tertiary/aromatic N) is 1. The average molecular weight is 239 g/mol. The van der Waals surface area contributed by atoms with Crippen LogP contribution in [-0.2, 0) is 9.53 Å². The fraction of sp³-hybridized carbons (Fsp3) is 0.929. The van der Waals surface area contributed by atoms with E-state index in [2.05, 4.69) is 4.90 Å². The third-order valence-corrected chi connectivity index (χ3v) is 3.69. The van der Waals surface area contributed by atoms with Gasteiger partial charge in [0, 0.05) is 13.1 Å². The van der Waals surface area contributed by atoms with Crippen molar-refractivity contribution in [1.82, 2.24) is 4.90 Å². The summed E-state index contributed by atoms with van der Waals surface area (Å²) < 4.78 is 5.52. The Morgan fingerprint density at radius 2 is 2.00 bits per heavy atom. The van der Waals surface area contributed by atoms with Gasteiger partial charge in [-0.05, 0) is 52.5 Å². The van der Waals surface area contributed by atoms with Crippen LogP contribution in [0.15, 0.2) is 0 Å². The van der Waals surface area contributed by atoms with Gasteiger partial charge in [-0.3, -0.25) is 4.79 Å². The van der Waals surface area contributed by atoms with Gasteiger partial charge in [-0.1, -0.05) is 6.42 Å². The molecule has 0 aliphatic carbocycles. The van der Waals surface area contributed by atoms with Crippen molar-refractivity contribution < 1.29 is 9.53 Å². The molecule has 3 atom stereocenters. The molecule has 0 N–H and O–H groups in total. The first-order valence-corrected chi connectivity index (χ1v) is 6.89. The van der Waals surface area contributed by atoms with E-state index in [0.29, 0.717) is 5.92 Å². The Balaban J connectivity index is 1.95. The summed E-state index contributed by atoms with van der Waals surface area (Å²) >= 11 is 0. The Labute approximate surface area is 105 Å². The highest BCUT2D eigenvalue weighted by Gasteiger charge is 2.34. The number of fused-ring (bicyclic) bond motifs is 2. The van der Waals surface area contributed by atoms with Crippen LogP contribution in [0.5, 0.6) is 0 Å². The molecule has 98 valence electrons. The lowest BCUT2D eigenvalue weighted by Gasteiger charge is -2.35. The number of esters is 1. The molecule has 0 amide bonds. The van der Waals surface area contributed by atoms with Gasteiger partial charge in [-0.2, -0.15) is 0 Å². The van der Waals surface area contributed by atoms with Crippen LogP contribution >= 0.6 is 0 Å². The van der Waals surface area contributed by atoms with Crippen LogP contribution in [-0.4, -0.2) is 36.1 Å². The Bertz CT molecular complexity index is 268. The second-order valence-electron chi connectivity index (χ2n) is 6.59. The van der Waals surface area contributed by atoms with Crippen molar-refractivity contribution in [3.63, 3.8) is 0 Å². The summed E-state index contributed by atoms with van der Waals surface area (Å²) in [6.45, 7) is 9.10. The van der Waals surface area contributed by atoms with E-state index in [0.717, 1.165) is 19.5 Å². The molecule has 3 heteroatoms. The van der Waals surface area contributed by atoms with E-state index in [1.807, 2.05) is 20.8 Å². The van der Waals surface area contributed by atoms with E-state index in [-0.39, 0.29) is 17.5 Å². The zero-order chi connectivity index (χ0) is 12.5. The predicted octanol–water partition coefficient (Wildman–Crippen LogP) is 2.45. The highest BCUT2D eigenvalue weighted by Crippen LogP contribution is 2.30. The largest absolute Gasteiger partial charge is 0.460 e. The Kier molecular flexibility index (Phi) is 3.76. The zero-order valence-electron chi connectivity index (χ0n) is 11.4. The average Bonchev–Trinajstić information content (AvgIpc) is 2.36. The van der Waals surface area contributed by atoms with E-state index < -0.39 is 0 Å². The van der Waals surface area contributed by atoms with Crippen LogP contribution in [0.2, 0.25) is 0 Å². The zero-order valence-corrected chi connectivity index (χ0v) is 11.4. The summed E-state index contributed by atoms with van der Waals surface area (Å²) in [6.07, 6.45) is 4.93. The number of ether oxygens (including phenoxy) is 1. The van der Waals surface area contributed by atoms with Gasteiger partial charge in [0.05, 0.1) is 5.92 Å². The molecule has 2 rings (SSSR count). The van der Waals surface area contributed by atoms with Crippen LogP contribution < -0.4 is 0 Å². The van der Waals surface area contributed by atoms with Gasteiger partial charge in [-0.25, -0.2) is 0 Å². The van der Waals surface area contributed by atoms with Gasteiger partial charge < -0.3 is 9.64 Å². The summed E-state index contributed by atoms with van der Waals surface area (Å²) in [4.78, 5) is 14.6. The Morgan fingerprint density at radius 1 is 1.24 bits per heavy atom. The van der Waals surface area contributed by atoms with Crippen molar-refractivity contribution in [1.29, 1.82) is 0 Å². The number of piperidine rings is 1. The normalized spacial score (nSPS) is 33.9. The molecular weight excluding hydrogens is 214 g/mol. The van der Waals surface area contributed by atoms with Crippen molar-refractivity contribution in [3.05, 3.63) is 0 Å². The fourth-order valence-electron chi connectivity index (χ4n) is 3.02. The first-order chi connectivity index (χ1) is 7.94. The van der Waals surface area contributed by atoms with Gasteiger partial charge >= 0.3 is 5.97 Å². The second-order valence-corrected chi connectivity index (χ2v) is 6.59. The molecule has 17 heavy (non-hydrogen) atoms. The smallest absolute Gasteiger partial charge is 0.310 e. The maximum Gasteiger partial charge on any atom is 0.310 e. The Hall–Kier alpha value is -0.570. The third-order valence-electron chi connectivity index (χ3n) is 3.69. The lowest BCUT2D eigenvalue weighted by molar-refractivity contribution is -0.162. The molecule has 2 heterocycles. The standard InChI is InChI=1S/C14H25NO2/c1-14(2,3)17-13(16)12-8-11-6-4-5-7-15(9-11)10-12/h11-12H,4-10H2,1-3H3. The molecule has 2 bridgehead atoms. The third kappa shape index (κ3) is 3.70. The first-order valence-electron chi connectivity index (χ1n) is 6.89. The summed E-state index contributed by atoms with van der Waals surface area (Å²) in [5, 5.41) is 0. The van der Waals surface area contributed by atoms with Crippen LogP contribution in [0.25, 0.3) is 0 Å². The summed E-state index contributed by atoms with van der Waals surface area (Å²) in [5.74, 6) is 0.823. The molecule has 0 aromatic carbocycles. The number of hydrogen-bond acceptors (Lipinski definition) is 3. The number of hydrogen-bond donors (Lipinski definition) is 0. The fourth-order valence-corrected chi connectivity index (χ4v) is 3.02. The van der Waals surface area contributed by atoms with E-state index >= 15 is 0 Å². The van der Waals surface area contributed by atoms with Gasteiger partial charge in [0.2, 0.25) is 0 Å². The maximum absolute atomic E-state index is 12.1. The van der Waals surface area contributed by atoms with Crippen LogP contribution in [0.3, 0.4) is 0 Å². The van der Waals surface area contributed by atoms with Gasteiger partial charge in [0.25, 0.3) is 0 Å². The van der Waals surface area contributed by atoms with E-state index in [1.54, 1.807) is 0 Å². The highest BCUT2D eigenvalue weighted by atomic mass is 16.6. The number of carbonyl (C=O) groups is 1. The van der Waals surface area contributed by atoms with E-state index in [9.17, 15) is 4.79 Å². The minimum Gasteiger partial charge on any atom is -0.460 e. The number of rotatable bonds is 1.